The minimum atomic E-state index is 0.853. The second-order valence-corrected chi connectivity index (χ2v) is 4.88. The Hall–Kier alpha value is -0.340. The highest BCUT2D eigenvalue weighted by molar-refractivity contribution is 5.13. The van der Waals surface area contributed by atoms with Gasteiger partial charge in [0, 0.05) is 12.8 Å². The zero-order valence-corrected chi connectivity index (χ0v) is 10.2. The van der Waals surface area contributed by atoms with E-state index in [-0.39, 0.29) is 0 Å². The van der Waals surface area contributed by atoms with Crippen molar-refractivity contribution in [2.45, 2.75) is 51.9 Å². The van der Waals surface area contributed by atoms with Gasteiger partial charge in [-0.1, -0.05) is 6.92 Å². The van der Waals surface area contributed by atoms with Crippen molar-refractivity contribution >= 4 is 0 Å². The molecule has 2 nitrogen and oxygen atoms in total. The van der Waals surface area contributed by atoms with Crippen LogP contribution in [-0.2, 0) is 4.84 Å². The van der Waals surface area contributed by atoms with Gasteiger partial charge in [-0.25, -0.2) is 4.84 Å². The molecule has 1 aliphatic carbocycles. The lowest BCUT2D eigenvalue weighted by molar-refractivity contribution is -1.08. The van der Waals surface area contributed by atoms with Crippen LogP contribution in [0, 0.1) is 0 Å². The summed E-state index contributed by atoms with van der Waals surface area (Å²) in [5.41, 5.74) is 3.36. The molecular formula is C13H24NO+. The molecule has 1 heterocycles. The molecule has 0 aromatic carbocycles. The molecule has 0 radical (unpaired) electrons. The summed E-state index contributed by atoms with van der Waals surface area (Å²) >= 11 is 0. The van der Waals surface area contributed by atoms with E-state index in [2.05, 4.69) is 6.92 Å². The van der Waals surface area contributed by atoms with Crippen LogP contribution in [0.5, 0.6) is 0 Å². The number of allylic oxidation sites excluding steroid dienone is 2. The lowest BCUT2D eigenvalue weighted by Crippen LogP contribution is -2.50. The molecule has 0 saturated heterocycles. The maximum Gasteiger partial charge on any atom is 0.140 e. The first-order chi connectivity index (χ1) is 7.32. The van der Waals surface area contributed by atoms with Gasteiger partial charge in [-0.05, 0) is 37.7 Å². The zero-order valence-electron chi connectivity index (χ0n) is 10.2. The Morgan fingerprint density at radius 2 is 1.87 bits per heavy atom. The minimum absolute atomic E-state index is 0.853. The van der Waals surface area contributed by atoms with Crippen LogP contribution in [-0.4, -0.2) is 24.8 Å². The maximum atomic E-state index is 5.87. The van der Waals surface area contributed by atoms with Crippen molar-refractivity contribution in [2.24, 2.45) is 0 Å². The van der Waals surface area contributed by atoms with E-state index in [1.807, 2.05) is 7.11 Å². The lowest BCUT2D eigenvalue weighted by atomic mass is 9.89. The minimum Gasteiger partial charge on any atom is -0.201 e. The van der Waals surface area contributed by atoms with E-state index < -0.39 is 0 Å². The molecule has 0 aromatic rings. The van der Waals surface area contributed by atoms with Crippen LogP contribution in [0.4, 0.5) is 0 Å². The summed E-state index contributed by atoms with van der Waals surface area (Å²) in [4.78, 5) is 5.87. The molecule has 2 rings (SSSR count). The topological polar surface area (TPSA) is 9.23 Å². The second-order valence-electron chi connectivity index (χ2n) is 4.88. The highest BCUT2D eigenvalue weighted by Gasteiger charge is 2.39. The van der Waals surface area contributed by atoms with Gasteiger partial charge < -0.3 is 0 Å². The Morgan fingerprint density at radius 1 is 1.13 bits per heavy atom. The maximum absolute atomic E-state index is 5.87. The summed E-state index contributed by atoms with van der Waals surface area (Å²) in [7, 11) is 1.89. The second kappa shape index (κ2) is 4.67. The molecular weight excluding hydrogens is 186 g/mol. The fourth-order valence-electron chi connectivity index (χ4n) is 3.30. The third kappa shape index (κ3) is 1.98. The van der Waals surface area contributed by atoms with Crippen LogP contribution in [0.25, 0.3) is 0 Å². The molecule has 0 bridgehead atoms. The van der Waals surface area contributed by atoms with Crippen LogP contribution in [0.15, 0.2) is 11.3 Å². The van der Waals surface area contributed by atoms with Crippen LogP contribution >= 0.6 is 0 Å². The molecule has 86 valence electrons. The number of hydroxylamine groups is 3. The van der Waals surface area contributed by atoms with Gasteiger partial charge in [0.2, 0.25) is 0 Å². The molecule has 0 spiro atoms. The first kappa shape index (κ1) is 11.2. The van der Waals surface area contributed by atoms with Crippen molar-refractivity contribution in [2.75, 3.05) is 20.2 Å². The summed E-state index contributed by atoms with van der Waals surface area (Å²) in [5, 5.41) is 0. The normalized spacial score (nSPS) is 31.6. The van der Waals surface area contributed by atoms with E-state index in [9.17, 15) is 0 Å². The summed E-state index contributed by atoms with van der Waals surface area (Å²) in [6, 6.07) is 0. The van der Waals surface area contributed by atoms with Crippen molar-refractivity contribution < 1.29 is 9.48 Å². The quantitative estimate of drug-likeness (QED) is 0.649. The lowest BCUT2D eigenvalue weighted by Gasteiger charge is -2.41. The smallest absolute Gasteiger partial charge is 0.140 e. The third-order valence-corrected chi connectivity index (χ3v) is 3.97. The molecule has 0 fully saturated rings. The van der Waals surface area contributed by atoms with E-state index in [0.717, 1.165) is 11.2 Å². The standard InChI is InChI=1S/C13H24NO/c1-3-10-14(15-2)11-6-8-12-7-4-5-9-13(12)14/h3-11H2,1-2H3/q+1. The summed E-state index contributed by atoms with van der Waals surface area (Å²) < 4.78 is 0.853. The Balaban J connectivity index is 2.28. The molecule has 2 heteroatoms. The average Bonchev–Trinajstić information content (AvgIpc) is 2.30. The molecule has 0 amide bonds. The average molecular weight is 210 g/mol. The van der Waals surface area contributed by atoms with Gasteiger partial charge in [-0.2, -0.15) is 4.65 Å². The van der Waals surface area contributed by atoms with Crippen molar-refractivity contribution in [3.8, 4) is 0 Å². The molecule has 2 aliphatic rings. The molecule has 1 aliphatic heterocycles. The molecule has 1 atom stereocenters. The summed E-state index contributed by atoms with van der Waals surface area (Å²) in [5.74, 6) is 0. The van der Waals surface area contributed by atoms with Gasteiger partial charge in [0.1, 0.15) is 18.8 Å². The number of hydrogen-bond donors (Lipinski definition) is 0. The van der Waals surface area contributed by atoms with Gasteiger partial charge in [-0.3, -0.25) is 0 Å². The van der Waals surface area contributed by atoms with E-state index in [1.54, 1.807) is 11.3 Å². The van der Waals surface area contributed by atoms with Gasteiger partial charge in [-0.15, -0.1) is 0 Å². The Bertz CT molecular complexity index is 255. The van der Waals surface area contributed by atoms with Crippen molar-refractivity contribution in [3.63, 3.8) is 0 Å². The fourth-order valence-corrected chi connectivity index (χ4v) is 3.30. The first-order valence-electron chi connectivity index (χ1n) is 6.46. The number of rotatable bonds is 3. The van der Waals surface area contributed by atoms with E-state index in [0.29, 0.717) is 0 Å². The predicted octanol–water partition coefficient (Wildman–Crippen LogP) is 3.40. The monoisotopic (exact) mass is 210 g/mol. The highest BCUT2D eigenvalue weighted by atomic mass is 16.7. The number of hydrogen-bond acceptors (Lipinski definition) is 1. The third-order valence-electron chi connectivity index (χ3n) is 3.97. The molecule has 1 unspecified atom stereocenters. The van der Waals surface area contributed by atoms with Crippen LogP contribution in [0.1, 0.15) is 51.9 Å². The Kier molecular flexibility index (Phi) is 3.47. The SMILES string of the molecule is CCC[N+]1(OC)CCCC2=C1CCCC2. The van der Waals surface area contributed by atoms with Gasteiger partial charge in [0.15, 0.2) is 0 Å². The number of quaternary nitrogens is 1. The zero-order chi connectivity index (χ0) is 10.7. The van der Waals surface area contributed by atoms with Crippen LogP contribution in [0.2, 0.25) is 0 Å². The van der Waals surface area contributed by atoms with Crippen molar-refractivity contribution in [3.05, 3.63) is 11.3 Å². The predicted molar refractivity (Wildman–Crippen MR) is 62.0 cm³/mol. The highest BCUT2D eigenvalue weighted by Crippen LogP contribution is 2.39. The van der Waals surface area contributed by atoms with Crippen LogP contribution in [0.3, 0.4) is 0 Å². The molecule has 15 heavy (non-hydrogen) atoms. The van der Waals surface area contributed by atoms with Gasteiger partial charge in [0.25, 0.3) is 0 Å². The molecule has 0 saturated carbocycles. The Labute approximate surface area is 93.5 Å². The van der Waals surface area contributed by atoms with E-state index >= 15 is 0 Å². The van der Waals surface area contributed by atoms with Gasteiger partial charge in [0.05, 0.1) is 7.11 Å². The van der Waals surface area contributed by atoms with Crippen molar-refractivity contribution in [1.82, 2.24) is 0 Å². The number of nitrogens with zero attached hydrogens (tertiary/aromatic N) is 1. The molecule has 0 N–H and O–H groups in total. The van der Waals surface area contributed by atoms with Crippen molar-refractivity contribution in [1.29, 1.82) is 0 Å². The first-order valence-corrected chi connectivity index (χ1v) is 6.46. The van der Waals surface area contributed by atoms with E-state index in [4.69, 9.17) is 4.84 Å². The fraction of sp³-hybridized carbons (Fsp3) is 0.846. The molecule has 0 aromatic heterocycles. The largest absolute Gasteiger partial charge is 0.201 e. The summed E-state index contributed by atoms with van der Waals surface area (Å²) in [6.45, 7) is 4.62. The van der Waals surface area contributed by atoms with Crippen LogP contribution < -0.4 is 0 Å². The van der Waals surface area contributed by atoms with Gasteiger partial charge >= 0.3 is 0 Å². The van der Waals surface area contributed by atoms with E-state index in [1.165, 1.54) is 51.5 Å². The Morgan fingerprint density at radius 3 is 2.60 bits per heavy atom. The summed E-state index contributed by atoms with van der Waals surface area (Å²) in [6.07, 6.45) is 9.24.